The molecular formula is C21H23FN2O3. The van der Waals surface area contributed by atoms with Gasteiger partial charge in [0.1, 0.15) is 11.6 Å². The normalized spacial score (nSPS) is 21.4. The van der Waals surface area contributed by atoms with Crippen LogP contribution in [0.25, 0.3) is 0 Å². The zero-order valence-corrected chi connectivity index (χ0v) is 15.3. The minimum absolute atomic E-state index is 0.0579. The van der Waals surface area contributed by atoms with Crippen LogP contribution in [0.2, 0.25) is 0 Å². The molecular weight excluding hydrogens is 347 g/mol. The second kappa shape index (κ2) is 6.85. The van der Waals surface area contributed by atoms with E-state index in [0.717, 1.165) is 5.69 Å². The zero-order valence-electron chi connectivity index (χ0n) is 15.3. The Hall–Kier alpha value is -2.60. The number of nitrogens with zero attached hydrogens (tertiary/aromatic N) is 2. The highest BCUT2D eigenvalue weighted by molar-refractivity contribution is 5.83. The molecule has 0 aromatic heterocycles. The Labute approximate surface area is 158 Å². The number of hydrogen-bond acceptors (Lipinski definition) is 4. The average molecular weight is 370 g/mol. The lowest BCUT2D eigenvalue weighted by molar-refractivity contribution is -0.143. The van der Waals surface area contributed by atoms with Crippen LogP contribution in [0, 0.1) is 5.82 Å². The molecule has 0 bridgehead atoms. The topological polar surface area (TPSA) is 53.0 Å². The van der Waals surface area contributed by atoms with E-state index in [1.54, 1.807) is 17.0 Å². The summed E-state index contributed by atoms with van der Waals surface area (Å²) in [6.07, 6.45) is 0.287. The number of likely N-dealkylation sites (tertiary alicyclic amines) is 1. The number of hydrogen-bond donors (Lipinski definition) is 1. The van der Waals surface area contributed by atoms with Crippen LogP contribution >= 0.6 is 0 Å². The Balaban J connectivity index is 1.43. The number of fused-ring (bicyclic) bond motifs is 1. The first-order chi connectivity index (χ1) is 13.0. The third kappa shape index (κ3) is 3.37. The monoisotopic (exact) mass is 370 g/mol. The number of para-hydroxylation sites is 2. The van der Waals surface area contributed by atoms with Gasteiger partial charge in [0.2, 0.25) is 0 Å². The molecule has 1 N–H and O–H groups in total. The van der Waals surface area contributed by atoms with Gasteiger partial charge < -0.3 is 19.6 Å². The smallest absolute Gasteiger partial charge is 0.265 e. The fraction of sp³-hybridized carbons (Fsp3) is 0.381. The van der Waals surface area contributed by atoms with Gasteiger partial charge in [-0.3, -0.25) is 4.79 Å². The van der Waals surface area contributed by atoms with E-state index in [1.165, 1.54) is 12.1 Å². The Morgan fingerprint density at radius 2 is 1.81 bits per heavy atom. The van der Waals surface area contributed by atoms with Crippen LogP contribution in [0.15, 0.2) is 48.5 Å². The number of amides is 1. The van der Waals surface area contributed by atoms with Gasteiger partial charge in [-0.15, -0.1) is 0 Å². The maximum atomic E-state index is 13.1. The standard InChI is InChI=1S/C21H23FN2O3/c1-23-14-19(27-18-5-3-2-4-17(18)23)20(25)24-12-10-21(26,11-13-24)15-6-8-16(22)9-7-15/h2-9,19,26H,10-14H2,1H3/t19-/m0/s1. The highest BCUT2D eigenvalue weighted by Crippen LogP contribution is 2.35. The number of aliphatic hydroxyl groups is 1. The summed E-state index contributed by atoms with van der Waals surface area (Å²) < 4.78 is 19.1. The first-order valence-corrected chi connectivity index (χ1v) is 9.20. The predicted molar refractivity (Wildman–Crippen MR) is 100 cm³/mol. The molecule has 2 aliphatic heterocycles. The van der Waals surface area contributed by atoms with Gasteiger partial charge in [-0.2, -0.15) is 0 Å². The lowest BCUT2D eigenvalue weighted by Gasteiger charge is -2.41. The summed E-state index contributed by atoms with van der Waals surface area (Å²) in [5.41, 5.74) is 0.644. The van der Waals surface area contributed by atoms with Crippen molar-refractivity contribution < 1.29 is 19.0 Å². The van der Waals surface area contributed by atoms with E-state index in [2.05, 4.69) is 0 Å². The fourth-order valence-electron chi connectivity index (χ4n) is 3.89. The molecule has 2 aromatic carbocycles. The second-order valence-corrected chi connectivity index (χ2v) is 7.32. The number of benzene rings is 2. The molecule has 142 valence electrons. The van der Waals surface area contributed by atoms with Gasteiger partial charge >= 0.3 is 0 Å². The Morgan fingerprint density at radius 1 is 1.15 bits per heavy atom. The van der Waals surface area contributed by atoms with Crippen molar-refractivity contribution in [3.05, 3.63) is 59.9 Å². The number of carbonyl (C=O) groups is 1. The molecule has 27 heavy (non-hydrogen) atoms. The van der Waals surface area contributed by atoms with E-state index in [-0.39, 0.29) is 11.7 Å². The van der Waals surface area contributed by atoms with Crippen molar-refractivity contribution in [1.29, 1.82) is 0 Å². The molecule has 0 aliphatic carbocycles. The number of anilines is 1. The molecule has 0 saturated carbocycles. The SMILES string of the molecule is CN1C[C@@H](C(=O)N2CCC(O)(c3ccc(F)cc3)CC2)Oc2ccccc21. The maximum absolute atomic E-state index is 13.1. The van der Waals surface area contributed by atoms with Crippen molar-refractivity contribution in [3.63, 3.8) is 0 Å². The quantitative estimate of drug-likeness (QED) is 0.883. The summed E-state index contributed by atoms with van der Waals surface area (Å²) >= 11 is 0. The van der Waals surface area contributed by atoms with Gasteiger partial charge in [0.05, 0.1) is 17.8 Å². The lowest BCUT2D eigenvalue weighted by atomic mass is 9.84. The molecule has 5 nitrogen and oxygen atoms in total. The molecule has 0 radical (unpaired) electrons. The largest absolute Gasteiger partial charge is 0.477 e. The first-order valence-electron chi connectivity index (χ1n) is 9.20. The second-order valence-electron chi connectivity index (χ2n) is 7.32. The zero-order chi connectivity index (χ0) is 19.0. The molecule has 1 amide bonds. The van der Waals surface area contributed by atoms with E-state index in [9.17, 15) is 14.3 Å². The Kier molecular flexibility index (Phi) is 4.52. The number of ether oxygens (including phenoxy) is 1. The van der Waals surface area contributed by atoms with Crippen molar-refractivity contribution >= 4 is 11.6 Å². The van der Waals surface area contributed by atoms with Crippen LogP contribution in [-0.2, 0) is 10.4 Å². The highest BCUT2D eigenvalue weighted by atomic mass is 19.1. The van der Waals surface area contributed by atoms with Crippen LogP contribution in [0.3, 0.4) is 0 Å². The Bertz CT molecular complexity index is 832. The third-order valence-electron chi connectivity index (χ3n) is 5.54. The highest BCUT2D eigenvalue weighted by Gasteiger charge is 2.39. The van der Waals surface area contributed by atoms with E-state index < -0.39 is 11.7 Å². The van der Waals surface area contributed by atoms with Gasteiger partial charge in [0.15, 0.2) is 6.10 Å². The Morgan fingerprint density at radius 3 is 2.52 bits per heavy atom. The molecule has 0 unspecified atom stereocenters. The van der Waals surface area contributed by atoms with Crippen molar-refractivity contribution in [1.82, 2.24) is 4.90 Å². The molecule has 2 aromatic rings. The van der Waals surface area contributed by atoms with Crippen LogP contribution in [0.4, 0.5) is 10.1 Å². The summed E-state index contributed by atoms with van der Waals surface area (Å²) in [4.78, 5) is 16.7. The molecule has 6 heteroatoms. The van der Waals surface area contributed by atoms with Gasteiger partial charge in [-0.05, 0) is 42.7 Å². The van der Waals surface area contributed by atoms with Crippen LogP contribution in [0.5, 0.6) is 5.75 Å². The third-order valence-corrected chi connectivity index (χ3v) is 5.54. The molecule has 4 rings (SSSR count). The van der Waals surface area contributed by atoms with Crippen LogP contribution in [0.1, 0.15) is 18.4 Å². The fourth-order valence-corrected chi connectivity index (χ4v) is 3.89. The summed E-state index contributed by atoms with van der Waals surface area (Å²) in [6.45, 7) is 1.38. The van der Waals surface area contributed by atoms with Crippen molar-refractivity contribution in [3.8, 4) is 5.75 Å². The minimum atomic E-state index is -1.03. The number of rotatable bonds is 2. The number of likely N-dealkylation sites (N-methyl/N-ethyl adjacent to an activating group) is 1. The van der Waals surface area contributed by atoms with Gasteiger partial charge in [0, 0.05) is 20.1 Å². The van der Waals surface area contributed by atoms with Crippen molar-refractivity contribution in [2.24, 2.45) is 0 Å². The molecule has 1 saturated heterocycles. The molecule has 2 heterocycles. The summed E-state index contributed by atoms with van der Waals surface area (Å²) in [5, 5.41) is 10.9. The van der Waals surface area contributed by atoms with Gasteiger partial charge in [-0.1, -0.05) is 24.3 Å². The molecule has 0 spiro atoms. The molecule has 1 atom stereocenters. The van der Waals surface area contributed by atoms with Crippen molar-refractivity contribution in [2.45, 2.75) is 24.5 Å². The molecule has 1 fully saturated rings. The number of carbonyl (C=O) groups excluding carboxylic acids is 1. The first kappa shape index (κ1) is 17.8. The van der Waals surface area contributed by atoms with Crippen molar-refractivity contribution in [2.75, 3.05) is 31.6 Å². The summed E-state index contributed by atoms with van der Waals surface area (Å²) in [5.74, 6) is 0.329. The van der Waals surface area contributed by atoms with E-state index >= 15 is 0 Å². The average Bonchev–Trinajstić information content (AvgIpc) is 2.68. The minimum Gasteiger partial charge on any atom is -0.477 e. The molecule has 2 aliphatic rings. The van der Waals surface area contributed by atoms with E-state index in [1.807, 2.05) is 36.2 Å². The lowest BCUT2D eigenvalue weighted by Crippen LogP contribution is -2.53. The maximum Gasteiger partial charge on any atom is 0.265 e. The van der Waals surface area contributed by atoms with Crippen LogP contribution < -0.4 is 9.64 Å². The number of piperidine rings is 1. The number of halogens is 1. The summed E-state index contributed by atoms with van der Waals surface area (Å²) in [6, 6.07) is 13.6. The van der Waals surface area contributed by atoms with Crippen LogP contribution in [-0.4, -0.2) is 48.7 Å². The summed E-state index contributed by atoms with van der Waals surface area (Å²) in [7, 11) is 1.95. The van der Waals surface area contributed by atoms with E-state index in [0.29, 0.717) is 43.8 Å². The predicted octanol–water partition coefficient (Wildman–Crippen LogP) is 2.53. The van der Waals surface area contributed by atoms with Gasteiger partial charge in [-0.25, -0.2) is 4.39 Å². The van der Waals surface area contributed by atoms with E-state index in [4.69, 9.17) is 4.74 Å². The van der Waals surface area contributed by atoms with Gasteiger partial charge in [0.25, 0.3) is 5.91 Å².